The van der Waals surface area contributed by atoms with Crippen molar-refractivity contribution in [2.45, 2.75) is 77.7 Å². The standard InChI is InChI=1S/C38H42N6O4/c1-37(2,3)47-35(45)43-21-7-9-31(43)33-39-23-29(41-33)27-17-13-25(14-18-27)11-12-26-15-19-28(20-16-26)30-24-40-34(42-30)32-10-8-22-44(32)36(46)48-38(4,5)6/h7,9,13-20,23-24,31-32H,8,10,21-22H2,1-6H3,(H,39,41)(H,40,42)/t31-,32-/m0/s1. The van der Waals surface area contributed by atoms with Crippen molar-refractivity contribution in [1.82, 2.24) is 29.7 Å². The molecule has 10 nitrogen and oxygen atoms in total. The minimum atomic E-state index is -0.568. The number of hydrogen-bond acceptors (Lipinski definition) is 6. The van der Waals surface area contributed by atoms with E-state index in [1.54, 1.807) is 16.0 Å². The molecule has 248 valence electrons. The number of H-pyrrole nitrogens is 2. The maximum absolute atomic E-state index is 12.7. The number of carbonyl (C=O) groups excluding carboxylic acids is 2. The number of nitrogens with zero attached hydrogens (tertiary/aromatic N) is 4. The largest absolute Gasteiger partial charge is 0.444 e. The molecule has 2 N–H and O–H groups in total. The normalized spacial score (nSPS) is 17.7. The van der Waals surface area contributed by atoms with Crippen LogP contribution in [0, 0.1) is 11.8 Å². The van der Waals surface area contributed by atoms with Crippen molar-refractivity contribution in [3.8, 4) is 34.4 Å². The van der Waals surface area contributed by atoms with Crippen molar-refractivity contribution < 1.29 is 19.1 Å². The summed E-state index contributed by atoms with van der Waals surface area (Å²) in [7, 11) is 0. The average molecular weight is 647 g/mol. The summed E-state index contributed by atoms with van der Waals surface area (Å²) in [5, 5.41) is 0. The van der Waals surface area contributed by atoms with E-state index < -0.39 is 11.2 Å². The van der Waals surface area contributed by atoms with Gasteiger partial charge < -0.3 is 19.4 Å². The van der Waals surface area contributed by atoms with E-state index in [9.17, 15) is 9.59 Å². The first-order chi connectivity index (χ1) is 22.8. The van der Waals surface area contributed by atoms with Crippen molar-refractivity contribution in [3.05, 3.63) is 95.9 Å². The van der Waals surface area contributed by atoms with Gasteiger partial charge in [0.15, 0.2) is 0 Å². The molecule has 2 aliphatic rings. The molecule has 1 saturated heterocycles. The van der Waals surface area contributed by atoms with Gasteiger partial charge in [-0.15, -0.1) is 0 Å². The molecule has 4 aromatic rings. The van der Waals surface area contributed by atoms with Gasteiger partial charge in [-0.2, -0.15) is 0 Å². The van der Waals surface area contributed by atoms with Crippen LogP contribution in [0.4, 0.5) is 9.59 Å². The quantitative estimate of drug-likeness (QED) is 0.173. The van der Waals surface area contributed by atoms with E-state index in [0.29, 0.717) is 18.9 Å². The molecule has 2 atom stereocenters. The van der Waals surface area contributed by atoms with Crippen LogP contribution in [0.2, 0.25) is 0 Å². The average Bonchev–Trinajstić information content (AvgIpc) is 3.85. The number of likely N-dealkylation sites (tertiary alicyclic amines) is 1. The Hall–Kier alpha value is -5.30. The smallest absolute Gasteiger partial charge is 0.411 e. The molecule has 2 aromatic carbocycles. The molecule has 0 saturated carbocycles. The topological polar surface area (TPSA) is 116 Å². The van der Waals surface area contributed by atoms with Crippen LogP contribution >= 0.6 is 0 Å². The number of aromatic nitrogens is 4. The van der Waals surface area contributed by atoms with E-state index >= 15 is 0 Å². The van der Waals surface area contributed by atoms with Crippen LogP contribution in [0.1, 0.15) is 89.2 Å². The molecule has 4 heterocycles. The highest BCUT2D eigenvalue weighted by molar-refractivity contribution is 5.70. The number of benzene rings is 2. The van der Waals surface area contributed by atoms with E-state index in [1.165, 1.54) is 0 Å². The van der Waals surface area contributed by atoms with Crippen molar-refractivity contribution >= 4 is 12.2 Å². The summed E-state index contributed by atoms with van der Waals surface area (Å²) in [5.41, 5.74) is 4.39. The van der Waals surface area contributed by atoms with E-state index in [1.807, 2.05) is 108 Å². The van der Waals surface area contributed by atoms with Crippen molar-refractivity contribution in [1.29, 1.82) is 0 Å². The summed E-state index contributed by atoms with van der Waals surface area (Å²) in [6, 6.07) is 15.6. The van der Waals surface area contributed by atoms with Crippen molar-refractivity contribution in [2.24, 2.45) is 0 Å². The van der Waals surface area contributed by atoms with Gasteiger partial charge in [0, 0.05) is 24.2 Å². The number of carbonyl (C=O) groups is 2. The maximum Gasteiger partial charge on any atom is 0.411 e. The van der Waals surface area contributed by atoms with Gasteiger partial charge in [0.1, 0.15) is 28.9 Å². The molecular weight excluding hydrogens is 604 g/mol. The molecule has 6 rings (SSSR count). The Morgan fingerprint density at radius 3 is 1.79 bits per heavy atom. The van der Waals surface area contributed by atoms with Crippen LogP contribution < -0.4 is 0 Å². The highest BCUT2D eigenvalue weighted by Gasteiger charge is 2.35. The number of amides is 2. The highest BCUT2D eigenvalue weighted by atomic mass is 16.6. The zero-order valence-corrected chi connectivity index (χ0v) is 28.3. The van der Waals surface area contributed by atoms with E-state index in [2.05, 4.69) is 31.8 Å². The molecule has 0 aliphatic carbocycles. The molecule has 0 radical (unpaired) electrons. The molecule has 2 amide bonds. The fourth-order valence-electron chi connectivity index (χ4n) is 5.76. The highest BCUT2D eigenvalue weighted by Crippen LogP contribution is 2.33. The molecular formula is C38H42N6O4. The third-order valence-corrected chi connectivity index (χ3v) is 7.99. The number of rotatable bonds is 4. The lowest BCUT2D eigenvalue weighted by atomic mass is 10.1. The second kappa shape index (κ2) is 13.1. The van der Waals surface area contributed by atoms with E-state index in [0.717, 1.165) is 52.3 Å². The van der Waals surface area contributed by atoms with Gasteiger partial charge >= 0.3 is 12.2 Å². The van der Waals surface area contributed by atoms with Gasteiger partial charge in [0.05, 0.1) is 29.8 Å². The number of hydrogen-bond donors (Lipinski definition) is 2. The second-order valence-corrected chi connectivity index (χ2v) is 14.1. The maximum atomic E-state index is 12.7. The molecule has 2 aliphatic heterocycles. The third kappa shape index (κ3) is 7.63. The van der Waals surface area contributed by atoms with Gasteiger partial charge in [-0.05, 0) is 89.8 Å². The molecule has 1 fully saturated rings. The number of imidazole rings is 2. The summed E-state index contributed by atoms with van der Waals surface area (Å²) in [5.74, 6) is 7.95. The Balaban J connectivity index is 1.08. The van der Waals surface area contributed by atoms with E-state index in [4.69, 9.17) is 9.47 Å². The first-order valence-corrected chi connectivity index (χ1v) is 16.3. The minimum absolute atomic E-state index is 0.126. The van der Waals surface area contributed by atoms with Crippen molar-refractivity contribution in [2.75, 3.05) is 13.1 Å². The van der Waals surface area contributed by atoms with Crippen LogP contribution in [0.3, 0.4) is 0 Å². The lowest BCUT2D eigenvalue weighted by molar-refractivity contribution is 0.0214. The molecule has 0 spiro atoms. The van der Waals surface area contributed by atoms with Crippen LogP contribution in [0.15, 0.2) is 73.1 Å². The third-order valence-electron chi connectivity index (χ3n) is 7.99. The first-order valence-electron chi connectivity index (χ1n) is 16.3. The number of aromatic amines is 2. The fraction of sp³-hybridized carbons (Fsp3) is 0.368. The number of nitrogens with one attached hydrogen (secondary N) is 2. The summed E-state index contributed by atoms with van der Waals surface area (Å²) in [6.07, 6.45) is 8.59. The van der Waals surface area contributed by atoms with E-state index in [-0.39, 0.29) is 24.3 Å². The Bertz CT molecular complexity index is 1860. The summed E-state index contributed by atoms with van der Waals surface area (Å²) in [6.45, 7) is 12.3. The van der Waals surface area contributed by atoms with Crippen molar-refractivity contribution in [3.63, 3.8) is 0 Å². The van der Waals surface area contributed by atoms with Gasteiger partial charge in [-0.3, -0.25) is 9.80 Å². The zero-order valence-electron chi connectivity index (χ0n) is 28.3. The molecule has 0 unspecified atom stereocenters. The summed E-state index contributed by atoms with van der Waals surface area (Å²) >= 11 is 0. The SMILES string of the molecule is CC(C)(C)OC(=O)N1CC=C[C@H]1c1ncc(-c2ccc(C#Cc3ccc(-c4cnc([C@@H]5CCCN5C(=O)OC(C)(C)C)[nH]4)cc3)cc2)[nH]1. The first kappa shape index (κ1) is 32.6. The monoisotopic (exact) mass is 646 g/mol. The predicted molar refractivity (Wildman–Crippen MR) is 184 cm³/mol. The Kier molecular flexibility index (Phi) is 8.89. The molecule has 10 heteroatoms. The fourth-order valence-corrected chi connectivity index (χ4v) is 5.76. The van der Waals surface area contributed by atoms with Gasteiger partial charge in [0.25, 0.3) is 0 Å². The van der Waals surface area contributed by atoms with Crippen LogP contribution in [0.5, 0.6) is 0 Å². The van der Waals surface area contributed by atoms with Crippen LogP contribution in [0.25, 0.3) is 22.5 Å². The number of ether oxygens (including phenoxy) is 2. The summed E-state index contributed by atoms with van der Waals surface area (Å²) < 4.78 is 11.2. The van der Waals surface area contributed by atoms with Crippen LogP contribution in [-0.4, -0.2) is 66.2 Å². The molecule has 2 aromatic heterocycles. The van der Waals surface area contributed by atoms with Gasteiger partial charge in [-0.25, -0.2) is 19.6 Å². The molecule has 0 bridgehead atoms. The lowest BCUT2D eigenvalue weighted by Crippen LogP contribution is -2.37. The van der Waals surface area contributed by atoms with Gasteiger partial charge in [0.2, 0.25) is 0 Å². The Morgan fingerprint density at radius 2 is 1.25 bits per heavy atom. The lowest BCUT2D eigenvalue weighted by Gasteiger charge is -2.27. The minimum Gasteiger partial charge on any atom is -0.444 e. The van der Waals surface area contributed by atoms with Gasteiger partial charge in [-0.1, -0.05) is 48.3 Å². The Morgan fingerprint density at radius 1 is 0.750 bits per heavy atom. The zero-order chi connectivity index (χ0) is 34.1. The second-order valence-electron chi connectivity index (χ2n) is 14.1. The van der Waals surface area contributed by atoms with Crippen LogP contribution in [-0.2, 0) is 9.47 Å². The Labute approximate surface area is 281 Å². The predicted octanol–water partition coefficient (Wildman–Crippen LogP) is 7.79. The molecule has 48 heavy (non-hydrogen) atoms. The summed E-state index contributed by atoms with van der Waals surface area (Å²) in [4.78, 5) is 44.8.